The fraction of sp³-hybridized carbons (Fsp3) is 0.462. The molecular formula is C13H17FO3. The van der Waals surface area contributed by atoms with Crippen molar-refractivity contribution in [3.8, 4) is 5.75 Å². The van der Waals surface area contributed by atoms with E-state index in [2.05, 4.69) is 0 Å². The summed E-state index contributed by atoms with van der Waals surface area (Å²) in [6, 6.07) is 4.42. The molecule has 0 heterocycles. The molecule has 0 bridgehead atoms. The van der Waals surface area contributed by atoms with Crippen LogP contribution < -0.4 is 4.74 Å². The minimum Gasteiger partial charge on any atom is -0.491 e. The van der Waals surface area contributed by atoms with Crippen molar-refractivity contribution in [1.82, 2.24) is 0 Å². The molecule has 1 aromatic carbocycles. The Balaban J connectivity index is 2.86. The quantitative estimate of drug-likeness (QED) is 0.860. The van der Waals surface area contributed by atoms with Crippen LogP contribution in [0.3, 0.4) is 0 Å². The fourth-order valence-corrected chi connectivity index (χ4v) is 1.47. The van der Waals surface area contributed by atoms with Gasteiger partial charge in [0.15, 0.2) is 0 Å². The van der Waals surface area contributed by atoms with Crippen LogP contribution in [0.1, 0.15) is 26.3 Å². The van der Waals surface area contributed by atoms with Crippen LogP contribution in [0.5, 0.6) is 5.75 Å². The Bertz CT molecular complexity index is 402. The molecule has 1 rings (SSSR count). The molecule has 1 atom stereocenters. The maximum absolute atomic E-state index is 13.5. The van der Waals surface area contributed by atoms with Gasteiger partial charge in [-0.3, -0.25) is 4.79 Å². The molecule has 1 N–H and O–H groups in total. The maximum atomic E-state index is 13.5. The smallest absolute Gasteiger partial charge is 0.306 e. The summed E-state index contributed by atoms with van der Waals surface area (Å²) in [6.45, 7) is 5.31. The van der Waals surface area contributed by atoms with Crippen molar-refractivity contribution in [1.29, 1.82) is 0 Å². The molecule has 4 heteroatoms. The van der Waals surface area contributed by atoms with Gasteiger partial charge in [0.2, 0.25) is 0 Å². The lowest BCUT2D eigenvalue weighted by atomic mass is 10.0. The third kappa shape index (κ3) is 4.06. The Morgan fingerprint density at radius 3 is 2.59 bits per heavy atom. The van der Waals surface area contributed by atoms with Gasteiger partial charge >= 0.3 is 5.97 Å². The summed E-state index contributed by atoms with van der Waals surface area (Å²) >= 11 is 0. The average molecular weight is 240 g/mol. The van der Waals surface area contributed by atoms with E-state index in [0.29, 0.717) is 11.3 Å². The lowest BCUT2D eigenvalue weighted by Crippen LogP contribution is -2.13. The van der Waals surface area contributed by atoms with Crippen LogP contribution in [0, 0.1) is 11.7 Å². The number of rotatable bonds is 5. The molecule has 0 aromatic heterocycles. The summed E-state index contributed by atoms with van der Waals surface area (Å²) < 4.78 is 18.9. The third-order valence-corrected chi connectivity index (χ3v) is 2.34. The van der Waals surface area contributed by atoms with Crippen molar-refractivity contribution in [2.45, 2.75) is 33.3 Å². The predicted octanol–water partition coefficient (Wildman–Crippen LogP) is 2.88. The van der Waals surface area contributed by atoms with E-state index in [-0.39, 0.29) is 12.5 Å². The van der Waals surface area contributed by atoms with Crippen molar-refractivity contribution >= 4 is 5.97 Å². The second-order valence-corrected chi connectivity index (χ2v) is 4.36. The summed E-state index contributed by atoms with van der Waals surface area (Å²) in [6.07, 6.45) is 0.168. The predicted molar refractivity (Wildman–Crippen MR) is 62.7 cm³/mol. The highest BCUT2D eigenvalue weighted by Gasteiger charge is 2.15. The average Bonchev–Trinajstić information content (AvgIpc) is 2.22. The van der Waals surface area contributed by atoms with Crippen molar-refractivity contribution in [3.63, 3.8) is 0 Å². The Kier molecular flexibility index (Phi) is 4.49. The second kappa shape index (κ2) is 5.66. The lowest BCUT2D eigenvalue weighted by Gasteiger charge is -2.12. The highest BCUT2D eigenvalue weighted by Crippen LogP contribution is 2.20. The molecule has 1 unspecified atom stereocenters. The van der Waals surface area contributed by atoms with Gasteiger partial charge in [0.05, 0.1) is 12.0 Å². The first-order chi connectivity index (χ1) is 7.90. The first kappa shape index (κ1) is 13.5. The van der Waals surface area contributed by atoms with Crippen LogP contribution in [0.4, 0.5) is 4.39 Å². The van der Waals surface area contributed by atoms with E-state index in [0.717, 1.165) is 0 Å². The summed E-state index contributed by atoms with van der Waals surface area (Å²) in [5, 5.41) is 8.80. The van der Waals surface area contributed by atoms with Gasteiger partial charge in [-0.2, -0.15) is 0 Å². The van der Waals surface area contributed by atoms with Crippen LogP contribution in [0.25, 0.3) is 0 Å². The largest absolute Gasteiger partial charge is 0.491 e. The van der Waals surface area contributed by atoms with Crippen LogP contribution in [-0.4, -0.2) is 17.2 Å². The Labute approximate surface area is 100 Å². The van der Waals surface area contributed by atoms with E-state index in [9.17, 15) is 9.18 Å². The van der Waals surface area contributed by atoms with Crippen LogP contribution in [-0.2, 0) is 11.2 Å². The molecule has 1 aromatic rings. The summed E-state index contributed by atoms with van der Waals surface area (Å²) in [7, 11) is 0. The molecule has 0 aliphatic rings. The number of benzene rings is 1. The molecule has 0 radical (unpaired) electrons. The van der Waals surface area contributed by atoms with Gasteiger partial charge in [-0.05, 0) is 44.0 Å². The normalized spacial score (nSPS) is 12.5. The van der Waals surface area contributed by atoms with E-state index >= 15 is 0 Å². The second-order valence-electron chi connectivity index (χ2n) is 4.36. The minimum atomic E-state index is -0.931. The molecule has 94 valence electrons. The van der Waals surface area contributed by atoms with Gasteiger partial charge in [-0.1, -0.05) is 6.92 Å². The molecule has 17 heavy (non-hydrogen) atoms. The molecule has 0 aliphatic carbocycles. The van der Waals surface area contributed by atoms with Gasteiger partial charge in [-0.15, -0.1) is 0 Å². The molecule has 0 saturated heterocycles. The summed E-state index contributed by atoms with van der Waals surface area (Å²) in [5.74, 6) is -1.37. The number of carboxylic acids is 1. The highest BCUT2D eigenvalue weighted by atomic mass is 19.1. The van der Waals surface area contributed by atoms with Crippen LogP contribution in [0.15, 0.2) is 18.2 Å². The van der Waals surface area contributed by atoms with Crippen molar-refractivity contribution in [3.05, 3.63) is 29.6 Å². The van der Waals surface area contributed by atoms with Gasteiger partial charge in [0, 0.05) is 0 Å². The van der Waals surface area contributed by atoms with Crippen molar-refractivity contribution in [2.24, 2.45) is 5.92 Å². The molecule has 0 aliphatic heterocycles. The van der Waals surface area contributed by atoms with E-state index in [1.54, 1.807) is 19.1 Å². The van der Waals surface area contributed by atoms with E-state index in [1.807, 2.05) is 13.8 Å². The van der Waals surface area contributed by atoms with Gasteiger partial charge in [0.1, 0.15) is 11.6 Å². The summed E-state index contributed by atoms with van der Waals surface area (Å²) in [5.41, 5.74) is 0.373. The molecular weight excluding hydrogens is 223 g/mol. The fourth-order valence-electron chi connectivity index (χ4n) is 1.47. The highest BCUT2D eigenvalue weighted by molar-refractivity contribution is 5.69. The van der Waals surface area contributed by atoms with Gasteiger partial charge < -0.3 is 9.84 Å². The van der Waals surface area contributed by atoms with E-state index in [4.69, 9.17) is 9.84 Å². The number of hydrogen-bond donors (Lipinski definition) is 1. The minimum absolute atomic E-state index is 0.00482. The zero-order chi connectivity index (χ0) is 13.0. The van der Waals surface area contributed by atoms with Crippen LogP contribution in [0.2, 0.25) is 0 Å². The van der Waals surface area contributed by atoms with E-state index in [1.165, 1.54) is 6.07 Å². The number of halogens is 1. The van der Waals surface area contributed by atoms with Gasteiger partial charge in [0.25, 0.3) is 0 Å². The van der Waals surface area contributed by atoms with Crippen molar-refractivity contribution in [2.75, 3.05) is 0 Å². The Morgan fingerprint density at radius 2 is 2.06 bits per heavy atom. The zero-order valence-electron chi connectivity index (χ0n) is 10.2. The Hall–Kier alpha value is -1.58. The SMILES string of the molecule is CC(C)Oc1ccc(F)c(CC(C)C(=O)O)c1. The number of ether oxygens (including phenoxy) is 1. The van der Waals surface area contributed by atoms with Gasteiger partial charge in [-0.25, -0.2) is 4.39 Å². The van der Waals surface area contributed by atoms with E-state index < -0.39 is 17.7 Å². The molecule has 0 saturated carbocycles. The van der Waals surface area contributed by atoms with Crippen LogP contribution >= 0.6 is 0 Å². The number of hydrogen-bond acceptors (Lipinski definition) is 2. The number of aliphatic carboxylic acids is 1. The maximum Gasteiger partial charge on any atom is 0.306 e. The summed E-state index contributed by atoms with van der Waals surface area (Å²) in [4.78, 5) is 10.7. The number of carbonyl (C=O) groups is 1. The molecule has 0 spiro atoms. The topological polar surface area (TPSA) is 46.5 Å². The molecule has 0 fully saturated rings. The Morgan fingerprint density at radius 1 is 1.41 bits per heavy atom. The lowest BCUT2D eigenvalue weighted by molar-refractivity contribution is -0.141. The molecule has 0 amide bonds. The van der Waals surface area contributed by atoms with Crippen molar-refractivity contribution < 1.29 is 19.0 Å². The molecule has 3 nitrogen and oxygen atoms in total. The first-order valence-electron chi connectivity index (χ1n) is 5.58. The number of carboxylic acid groups (broad SMARTS) is 1. The third-order valence-electron chi connectivity index (χ3n) is 2.34. The standard InChI is InChI=1S/C13H17FO3/c1-8(2)17-11-4-5-12(14)10(7-11)6-9(3)13(15)16/h4-5,7-9H,6H2,1-3H3,(H,15,16). The zero-order valence-corrected chi connectivity index (χ0v) is 10.2. The first-order valence-corrected chi connectivity index (χ1v) is 5.58. The monoisotopic (exact) mass is 240 g/mol.